The van der Waals surface area contributed by atoms with Crippen LogP contribution in [-0.4, -0.2) is 87.3 Å². The lowest BCUT2D eigenvalue weighted by molar-refractivity contribution is -0.140. The Labute approximate surface area is 210 Å². The number of morpholine rings is 1. The molecule has 2 saturated heterocycles. The zero-order valence-corrected chi connectivity index (χ0v) is 20.9. The highest BCUT2D eigenvalue weighted by Gasteiger charge is 2.47. The number of amides is 1. The van der Waals surface area contributed by atoms with Crippen molar-refractivity contribution in [3.8, 4) is 17.2 Å². The molecule has 0 bridgehead atoms. The van der Waals surface area contributed by atoms with Crippen LogP contribution in [-0.2, 0) is 14.3 Å². The Hall–Kier alpha value is -3.56. The fourth-order valence-corrected chi connectivity index (χ4v) is 4.68. The van der Waals surface area contributed by atoms with Gasteiger partial charge in [0, 0.05) is 37.3 Å². The van der Waals surface area contributed by atoms with Gasteiger partial charge in [0.2, 0.25) is 0 Å². The fourth-order valence-electron chi connectivity index (χ4n) is 4.68. The van der Waals surface area contributed by atoms with Crippen LogP contribution in [0, 0.1) is 0 Å². The normalized spacial score (nSPS) is 20.0. The highest BCUT2D eigenvalue weighted by Crippen LogP contribution is 2.44. The number of Topliss-reactive ketones (excluding diaryl/α,β-unsaturated/α-hetero) is 1. The Morgan fingerprint density at radius 3 is 2.25 bits per heavy atom. The number of hydrogen-bond acceptors (Lipinski definition) is 8. The second kappa shape index (κ2) is 11.5. The molecule has 0 aliphatic carbocycles. The summed E-state index contributed by atoms with van der Waals surface area (Å²) in [6.07, 6.45) is 0.665. The van der Waals surface area contributed by atoms with Crippen molar-refractivity contribution in [2.24, 2.45) is 0 Å². The number of rotatable bonds is 9. The zero-order chi connectivity index (χ0) is 25.7. The molecule has 1 amide bonds. The lowest BCUT2D eigenvalue weighted by atomic mass is 9.94. The number of ether oxygens (including phenoxy) is 4. The van der Waals surface area contributed by atoms with Crippen molar-refractivity contribution in [2.45, 2.75) is 12.5 Å². The first-order chi connectivity index (χ1) is 17.5. The van der Waals surface area contributed by atoms with E-state index in [9.17, 15) is 14.7 Å². The topological polar surface area (TPSA) is 97.8 Å². The van der Waals surface area contributed by atoms with Crippen LogP contribution < -0.4 is 14.2 Å². The molecule has 36 heavy (non-hydrogen) atoms. The molecule has 4 rings (SSSR count). The third kappa shape index (κ3) is 5.17. The second-order valence-corrected chi connectivity index (χ2v) is 8.64. The summed E-state index contributed by atoms with van der Waals surface area (Å²) < 4.78 is 21.6. The average molecular weight is 497 g/mol. The van der Waals surface area contributed by atoms with Gasteiger partial charge >= 0.3 is 0 Å². The minimum absolute atomic E-state index is 0.0168. The summed E-state index contributed by atoms with van der Waals surface area (Å²) >= 11 is 0. The van der Waals surface area contributed by atoms with E-state index >= 15 is 0 Å². The summed E-state index contributed by atoms with van der Waals surface area (Å²) in [5.74, 6) is 0.0184. The molecule has 0 aromatic heterocycles. The quantitative estimate of drug-likeness (QED) is 0.322. The largest absolute Gasteiger partial charge is 0.507 e. The van der Waals surface area contributed by atoms with E-state index in [0.29, 0.717) is 54.6 Å². The van der Waals surface area contributed by atoms with E-state index in [1.807, 2.05) is 0 Å². The van der Waals surface area contributed by atoms with Gasteiger partial charge in [-0.2, -0.15) is 0 Å². The van der Waals surface area contributed by atoms with Gasteiger partial charge in [0.25, 0.3) is 11.7 Å². The lowest BCUT2D eigenvalue weighted by Gasteiger charge is -2.29. The molecule has 0 radical (unpaired) electrons. The summed E-state index contributed by atoms with van der Waals surface area (Å²) in [6, 6.07) is 11.1. The summed E-state index contributed by atoms with van der Waals surface area (Å²) in [7, 11) is 4.62. The van der Waals surface area contributed by atoms with E-state index < -0.39 is 17.7 Å². The summed E-state index contributed by atoms with van der Waals surface area (Å²) in [5, 5.41) is 11.3. The van der Waals surface area contributed by atoms with Gasteiger partial charge in [-0.3, -0.25) is 14.5 Å². The first-order valence-electron chi connectivity index (χ1n) is 11.9. The lowest BCUT2D eigenvalue weighted by Crippen LogP contribution is -2.39. The van der Waals surface area contributed by atoms with Crippen molar-refractivity contribution >= 4 is 17.4 Å². The van der Waals surface area contributed by atoms with E-state index in [1.54, 1.807) is 56.7 Å². The van der Waals surface area contributed by atoms with Crippen molar-refractivity contribution < 1.29 is 33.6 Å². The molecule has 2 aromatic rings. The van der Waals surface area contributed by atoms with Crippen molar-refractivity contribution in [3.63, 3.8) is 0 Å². The van der Waals surface area contributed by atoms with Gasteiger partial charge in [0.1, 0.15) is 23.0 Å². The smallest absolute Gasteiger partial charge is 0.295 e. The standard InChI is InChI=1S/C27H32N2O7/c1-33-19-7-5-18(6-8-19)25(30)23-24(21-17-20(34-2)9-10-22(21)35-3)29(27(32)26(23)31)12-4-11-28-13-15-36-16-14-28/h5-10,17,24,30H,4,11-16H2,1-3H3/t24-/m0/s1. The summed E-state index contributed by atoms with van der Waals surface area (Å²) in [5.41, 5.74) is 0.995. The van der Waals surface area contributed by atoms with E-state index in [0.717, 1.165) is 19.6 Å². The van der Waals surface area contributed by atoms with Crippen LogP contribution in [0.3, 0.4) is 0 Å². The molecule has 9 nitrogen and oxygen atoms in total. The molecule has 9 heteroatoms. The second-order valence-electron chi connectivity index (χ2n) is 8.64. The van der Waals surface area contributed by atoms with Crippen LogP contribution >= 0.6 is 0 Å². The molecule has 1 atom stereocenters. The van der Waals surface area contributed by atoms with Gasteiger partial charge in [0.05, 0.1) is 46.2 Å². The number of hydrogen-bond donors (Lipinski definition) is 1. The van der Waals surface area contributed by atoms with Crippen LogP contribution in [0.5, 0.6) is 17.2 Å². The number of carbonyl (C=O) groups excluding carboxylic acids is 2. The predicted octanol–water partition coefficient (Wildman–Crippen LogP) is 2.86. The van der Waals surface area contributed by atoms with Crippen LogP contribution in [0.15, 0.2) is 48.0 Å². The molecule has 0 saturated carbocycles. The van der Waals surface area contributed by atoms with E-state index in [-0.39, 0.29) is 11.3 Å². The maximum atomic E-state index is 13.3. The average Bonchev–Trinajstić information content (AvgIpc) is 3.17. The monoisotopic (exact) mass is 496 g/mol. The number of nitrogens with zero attached hydrogens (tertiary/aromatic N) is 2. The Balaban J connectivity index is 1.75. The number of benzene rings is 2. The first kappa shape index (κ1) is 25.5. The third-order valence-electron chi connectivity index (χ3n) is 6.61. The highest BCUT2D eigenvalue weighted by molar-refractivity contribution is 6.46. The number of likely N-dealkylation sites (tertiary alicyclic amines) is 1. The molecule has 0 unspecified atom stereocenters. The molecule has 2 heterocycles. The fraction of sp³-hybridized carbons (Fsp3) is 0.407. The predicted molar refractivity (Wildman–Crippen MR) is 133 cm³/mol. The van der Waals surface area contributed by atoms with Crippen molar-refractivity contribution in [2.75, 3.05) is 60.7 Å². The van der Waals surface area contributed by atoms with Gasteiger partial charge < -0.3 is 29.0 Å². The first-order valence-corrected chi connectivity index (χ1v) is 11.9. The molecule has 2 aliphatic rings. The molecule has 1 N–H and O–H groups in total. The number of methoxy groups -OCH3 is 3. The molecule has 192 valence electrons. The Bertz CT molecular complexity index is 1120. The van der Waals surface area contributed by atoms with Gasteiger partial charge in [-0.25, -0.2) is 0 Å². The Morgan fingerprint density at radius 2 is 1.61 bits per heavy atom. The van der Waals surface area contributed by atoms with Crippen LogP contribution in [0.2, 0.25) is 0 Å². The number of carbonyl (C=O) groups is 2. The zero-order valence-electron chi connectivity index (χ0n) is 20.9. The van der Waals surface area contributed by atoms with Crippen molar-refractivity contribution in [1.29, 1.82) is 0 Å². The molecule has 0 spiro atoms. The minimum atomic E-state index is -0.832. The summed E-state index contributed by atoms with van der Waals surface area (Å²) in [6.45, 7) is 4.16. The van der Waals surface area contributed by atoms with Crippen LogP contribution in [0.1, 0.15) is 23.6 Å². The van der Waals surface area contributed by atoms with Crippen LogP contribution in [0.4, 0.5) is 0 Å². The molecular formula is C27H32N2O7. The Kier molecular flexibility index (Phi) is 8.12. The van der Waals surface area contributed by atoms with Gasteiger partial charge in [0.15, 0.2) is 0 Å². The number of aliphatic hydroxyl groups is 1. The van der Waals surface area contributed by atoms with Crippen LogP contribution in [0.25, 0.3) is 5.76 Å². The number of ketones is 1. The maximum Gasteiger partial charge on any atom is 0.295 e. The maximum absolute atomic E-state index is 13.3. The Morgan fingerprint density at radius 1 is 0.944 bits per heavy atom. The number of aliphatic hydroxyl groups excluding tert-OH is 1. The highest BCUT2D eigenvalue weighted by atomic mass is 16.5. The molecule has 2 fully saturated rings. The summed E-state index contributed by atoms with van der Waals surface area (Å²) in [4.78, 5) is 30.4. The van der Waals surface area contributed by atoms with Crippen molar-refractivity contribution in [3.05, 3.63) is 59.2 Å². The van der Waals surface area contributed by atoms with Gasteiger partial charge in [-0.1, -0.05) is 0 Å². The van der Waals surface area contributed by atoms with Crippen molar-refractivity contribution in [1.82, 2.24) is 9.80 Å². The van der Waals surface area contributed by atoms with E-state index in [1.165, 1.54) is 12.0 Å². The van der Waals surface area contributed by atoms with Gasteiger partial charge in [-0.15, -0.1) is 0 Å². The molecular weight excluding hydrogens is 464 g/mol. The third-order valence-corrected chi connectivity index (χ3v) is 6.61. The van der Waals surface area contributed by atoms with E-state index in [4.69, 9.17) is 18.9 Å². The van der Waals surface area contributed by atoms with Gasteiger partial charge in [-0.05, 0) is 48.9 Å². The molecule has 2 aliphatic heterocycles. The SMILES string of the molecule is COc1ccc(C(O)=C2C(=O)C(=O)N(CCCN3CCOCC3)[C@H]2c2cc(OC)ccc2OC)cc1. The van der Waals surface area contributed by atoms with E-state index in [2.05, 4.69) is 4.90 Å². The molecule has 2 aromatic carbocycles. The minimum Gasteiger partial charge on any atom is -0.507 e.